The quantitative estimate of drug-likeness (QED) is 0.480. The number of piperazine rings is 1. The summed E-state index contributed by atoms with van der Waals surface area (Å²) >= 11 is 0. The van der Waals surface area contributed by atoms with Gasteiger partial charge in [0.25, 0.3) is 5.91 Å². The molecule has 1 aliphatic heterocycles. The average Bonchev–Trinajstić information content (AvgIpc) is 2.84. The second-order valence-corrected chi connectivity index (χ2v) is 10.3. The molecule has 9 heteroatoms. The van der Waals surface area contributed by atoms with Crippen LogP contribution in [0, 0.1) is 0 Å². The summed E-state index contributed by atoms with van der Waals surface area (Å²) < 4.78 is 25.2. The number of hydrogen-bond donors (Lipinski definition) is 2. The molecule has 1 aliphatic rings. The van der Waals surface area contributed by atoms with Gasteiger partial charge in [0.15, 0.2) is 0 Å². The molecule has 3 aromatic rings. The van der Waals surface area contributed by atoms with Crippen molar-refractivity contribution in [3.63, 3.8) is 0 Å². The molecule has 1 fully saturated rings. The molecule has 186 valence electrons. The Morgan fingerprint density at radius 2 is 1.54 bits per heavy atom. The number of anilines is 2. The minimum Gasteiger partial charge on any atom is -0.369 e. The molecule has 0 aliphatic carbocycles. The van der Waals surface area contributed by atoms with Gasteiger partial charge in [-0.3, -0.25) is 14.4 Å². The lowest BCUT2D eigenvalue weighted by atomic mass is 10.1. The highest BCUT2D eigenvalue weighted by atomic mass is 35.5. The van der Waals surface area contributed by atoms with Crippen LogP contribution < -0.4 is 14.9 Å². The van der Waals surface area contributed by atoms with Gasteiger partial charge >= 0.3 is 0 Å². The van der Waals surface area contributed by atoms with Crippen molar-refractivity contribution in [2.75, 3.05) is 42.1 Å². The van der Waals surface area contributed by atoms with Gasteiger partial charge in [-0.25, -0.2) is 8.42 Å². The number of rotatable bonds is 8. The number of nitrogens with zero attached hydrogens (tertiary/aromatic N) is 2. The van der Waals surface area contributed by atoms with Crippen molar-refractivity contribution in [1.29, 1.82) is 0 Å². The van der Waals surface area contributed by atoms with Crippen LogP contribution in [0.3, 0.4) is 0 Å². The molecule has 1 amide bonds. The molecule has 0 saturated carbocycles. The molecule has 1 saturated heterocycles. The van der Waals surface area contributed by atoms with Crippen LogP contribution in [0.15, 0.2) is 84.9 Å². The zero-order valence-electron chi connectivity index (χ0n) is 19.6. The number of carbonyl (C=O) groups is 1. The minimum atomic E-state index is -3.36. The number of hydrogen-bond acceptors (Lipinski definition) is 5. The summed E-state index contributed by atoms with van der Waals surface area (Å²) in [7, 11) is -3.36. The van der Waals surface area contributed by atoms with Gasteiger partial charge in [0.2, 0.25) is 10.0 Å². The second-order valence-electron chi connectivity index (χ2n) is 8.55. The Morgan fingerprint density at radius 3 is 2.17 bits per heavy atom. The van der Waals surface area contributed by atoms with Gasteiger partial charge in [0.05, 0.1) is 6.26 Å². The topological polar surface area (TPSA) is 81.7 Å². The van der Waals surface area contributed by atoms with Crippen molar-refractivity contribution in [2.24, 2.45) is 0 Å². The van der Waals surface area contributed by atoms with Crippen LogP contribution in [0.4, 0.5) is 11.4 Å². The van der Waals surface area contributed by atoms with Crippen molar-refractivity contribution in [2.45, 2.75) is 12.6 Å². The maximum Gasteiger partial charge on any atom is 0.251 e. The fraction of sp³-hybridized carbons (Fsp3) is 0.269. The second kappa shape index (κ2) is 12.1. The largest absolute Gasteiger partial charge is 0.369 e. The third-order valence-electron chi connectivity index (χ3n) is 5.90. The Hall–Kier alpha value is -3.07. The van der Waals surface area contributed by atoms with E-state index in [0.29, 0.717) is 17.8 Å². The molecule has 4 rings (SSSR count). The zero-order chi connectivity index (χ0) is 24.0. The monoisotopic (exact) mass is 514 g/mol. The summed E-state index contributed by atoms with van der Waals surface area (Å²) in [5.74, 6) is -0.178. The molecule has 1 unspecified atom stereocenters. The summed E-state index contributed by atoms with van der Waals surface area (Å²) in [5.41, 5.74) is 3.36. The maximum absolute atomic E-state index is 12.8. The molecule has 35 heavy (non-hydrogen) atoms. The van der Waals surface area contributed by atoms with Gasteiger partial charge in [0.1, 0.15) is 0 Å². The lowest BCUT2D eigenvalue weighted by molar-refractivity contribution is 0.0924. The first-order valence-corrected chi connectivity index (χ1v) is 13.2. The molecular weight excluding hydrogens is 484 g/mol. The molecule has 2 N–H and O–H groups in total. The van der Waals surface area contributed by atoms with E-state index in [9.17, 15) is 13.2 Å². The molecule has 1 heterocycles. The number of benzene rings is 3. The van der Waals surface area contributed by atoms with Crippen LogP contribution in [0.25, 0.3) is 0 Å². The van der Waals surface area contributed by atoms with Crippen LogP contribution in [-0.4, -0.2) is 57.7 Å². The molecule has 0 radical (unpaired) electrons. The molecule has 3 aromatic carbocycles. The van der Waals surface area contributed by atoms with E-state index in [0.717, 1.165) is 32.4 Å². The molecular formula is C26H31ClN4O3S. The predicted octanol–water partition coefficient (Wildman–Crippen LogP) is 3.60. The Labute approximate surface area is 213 Å². The Kier molecular flexibility index (Phi) is 9.14. The number of nitrogens with one attached hydrogen (secondary N) is 2. The minimum absolute atomic E-state index is 0. The van der Waals surface area contributed by atoms with Crippen molar-refractivity contribution in [1.82, 2.24) is 10.2 Å². The fourth-order valence-corrected chi connectivity index (χ4v) is 4.77. The number of amides is 1. The van der Waals surface area contributed by atoms with E-state index >= 15 is 0 Å². The zero-order valence-corrected chi connectivity index (χ0v) is 21.3. The lowest BCUT2D eigenvalue weighted by Crippen LogP contribution is -2.56. The summed E-state index contributed by atoms with van der Waals surface area (Å²) in [6, 6.07) is 27.3. The Balaban J connectivity index is 0.00000342. The Morgan fingerprint density at radius 1 is 0.914 bits per heavy atom. The summed E-state index contributed by atoms with van der Waals surface area (Å²) in [6.45, 7) is 3.98. The third-order valence-corrected chi connectivity index (χ3v) is 6.51. The van der Waals surface area contributed by atoms with Gasteiger partial charge < -0.3 is 10.2 Å². The van der Waals surface area contributed by atoms with Gasteiger partial charge in [-0.15, -0.1) is 12.4 Å². The van der Waals surface area contributed by atoms with Crippen molar-refractivity contribution < 1.29 is 13.2 Å². The van der Waals surface area contributed by atoms with Crippen molar-refractivity contribution in [3.8, 4) is 0 Å². The molecule has 0 spiro atoms. The highest BCUT2D eigenvalue weighted by Gasteiger charge is 2.27. The normalized spacial score (nSPS) is 16.3. The Bertz CT molecular complexity index is 1190. The molecule has 0 aromatic heterocycles. The van der Waals surface area contributed by atoms with Crippen LogP contribution in [-0.2, 0) is 16.6 Å². The third kappa shape index (κ3) is 7.71. The average molecular weight is 515 g/mol. The van der Waals surface area contributed by atoms with Crippen LogP contribution in [0.1, 0.15) is 15.9 Å². The van der Waals surface area contributed by atoms with Crippen LogP contribution in [0.2, 0.25) is 0 Å². The lowest BCUT2D eigenvalue weighted by Gasteiger charge is -2.42. The van der Waals surface area contributed by atoms with E-state index in [1.165, 1.54) is 11.3 Å². The first-order chi connectivity index (χ1) is 16.4. The summed E-state index contributed by atoms with van der Waals surface area (Å²) in [6.07, 6.45) is 1.09. The van der Waals surface area contributed by atoms with E-state index in [1.54, 1.807) is 24.3 Å². The van der Waals surface area contributed by atoms with Crippen LogP contribution >= 0.6 is 12.4 Å². The van der Waals surface area contributed by atoms with Crippen molar-refractivity contribution in [3.05, 3.63) is 96.1 Å². The molecule has 1 atom stereocenters. The number of para-hydroxylation sites is 1. The van der Waals surface area contributed by atoms with E-state index in [1.807, 2.05) is 24.3 Å². The maximum atomic E-state index is 12.8. The molecule has 7 nitrogen and oxygen atoms in total. The van der Waals surface area contributed by atoms with Gasteiger partial charge in [-0.2, -0.15) is 0 Å². The van der Waals surface area contributed by atoms with E-state index in [2.05, 4.69) is 56.2 Å². The first-order valence-electron chi connectivity index (χ1n) is 11.3. The first kappa shape index (κ1) is 26.5. The predicted molar refractivity (Wildman–Crippen MR) is 144 cm³/mol. The summed E-state index contributed by atoms with van der Waals surface area (Å²) in [4.78, 5) is 17.6. The smallest absolute Gasteiger partial charge is 0.251 e. The van der Waals surface area contributed by atoms with Gasteiger partial charge in [-0.1, -0.05) is 48.5 Å². The number of halogens is 1. The van der Waals surface area contributed by atoms with E-state index in [-0.39, 0.29) is 24.4 Å². The van der Waals surface area contributed by atoms with Gasteiger partial charge in [-0.05, 0) is 42.0 Å². The number of sulfonamides is 1. The van der Waals surface area contributed by atoms with Crippen molar-refractivity contribution >= 4 is 39.7 Å². The fourth-order valence-electron chi connectivity index (χ4n) is 4.20. The van der Waals surface area contributed by atoms with E-state index in [4.69, 9.17) is 0 Å². The highest BCUT2D eigenvalue weighted by Crippen LogP contribution is 2.20. The van der Waals surface area contributed by atoms with Crippen LogP contribution in [0.5, 0.6) is 0 Å². The van der Waals surface area contributed by atoms with Gasteiger partial charge in [0, 0.05) is 55.7 Å². The summed E-state index contributed by atoms with van der Waals surface area (Å²) in [5, 5.41) is 3.08. The van der Waals surface area contributed by atoms with E-state index < -0.39 is 10.0 Å². The standard InChI is InChI=1S/C26H30N4O3S.ClH/c1-34(32,33)28-23-14-12-22(13-15-23)26(31)27-18-25-20-30(24-10-6-3-7-11-24)17-16-29(25)19-21-8-4-2-5-9-21;/h2-15,25,28H,16-20H2,1H3,(H,27,31);1H. The highest BCUT2D eigenvalue weighted by molar-refractivity contribution is 7.92. The SMILES string of the molecule is CS(=O)(=O)Nc1ccc(C(=O)NCC2CN(c3ccccc3)CCN2Cc2ccccc2)cc1.Cl. The number of carbonyl (C=O) groups excluding carboxylic acids is 1. The molecule has 0 bridgehead atoms.